The average Bonchev–Trinajstić information content (AvgIpc) is 3.07. The normalized spacial score (nSPS) is 32.0. The molecule has 6 heteroatoms. The van der Waals surface area contributed by atoms with Crippen molar-refractivity contribution in [1.82, 2.24) is 4.90 Å². The van der Waals surface area contributed by atoms with E-state index in [4.69, 9.17) is 9.15 Å². The van der Waals surface area contributed by atoms with Crippen LogP contribution >= 0.6 is 0 Å². The van der Waals surface area contributed by atoms with Gasteiger partial charge in [0.15, 0.2) is 0 Å². The number of piperidine rings is 1. The van der Waals surface area contributed by atoms with Crippen molar-refractivity contribution in [3.8, 4) is 0 Å². The summed E-state index contributed by atoms with van der Waals surface area (Å²) in [5, 5.41) is 0. The molecule has 3 fully saturated rings. The van der Waals surface area contributed by atoms with E-state index in [1.165, 1.54) is 6.26 Å². The summed E-state index contributed by atoms with van der Waals surface area (Å²) < 4.78 is 38.5. The molecule has 2 atom stereocenters. The second-order valence-electron chi connectivity index (χ2n) is 7.12. The highest BCUT2D eigenvalue weighted by atomic mass is 19.3. The minimum atomic E-state index is -2.72. The highest BCUT2D eigenvalue weighted by Gasteiger charge is 2.50. The number of nitrogens with zero attached hydrogens (tertiary/aromatic N) is 1. The number of furan rings is 1. The lowest BCUT2D eigenvalue weighted by atomic mass is 9.75. The fourth-order valence-corrected chi connectivity index (χ4v) is 3.99. The molecule has 0 bridgehead atoms. The fourth-order valence-electron chi connectivity index (χ4n) is 3.99. The third-order valence-corrected chi connectivity index (χ3v) is 5.59. The van der Waals surface area contributed by atoms with Crippen LogP contribution in [0.3, 0.4) is 0 Å². The molecular formula is C17H21F2NO3. The molecule has 4 nitrogen and oxygen atoms in total. The quantitative estimate of drug-likeness (QED) is 0.785. The maximum absolute atomic E-state index is 13.9. The highest BCUT2D eigenvalue weighted by molar-refractivity contribution is 5.80. The predicted octanol–water partition coefficient (Wildman–Crippen LogP) is 3.19. The molecule has 0 aromatic carbocycles. The van der Waals surface area contributed by atoms with E-state index < -0.39 is 17.8 Å². The minimum Gasteiger partial charge on any atom is -0.469 e. The number of likely N-dealkylation sites (tertiary alicyclic amines) is 1. The van der Waals surface area contributed by atoms with E-state index >= 15 is 0 Å². The van der Waals surface area contributed by atoms with Crippen LogP contribution in [0, 0.1) is 5.92 Å². The van der Waals surface area contributed by atoms with E-state index in [-0.39, 0.29) is 30.8 Å². The lowest BCUT2D eigenvalue weighted by Crippen LogP contribution is -2.47. The summed E-state index contributed by atoms with van der Waals surface area (Å²) in [5.41, 5.74) is 0.0107. The van der Waals surface area contributed by atoms with Gasteiger partial charge in [-0.25, -0.2) is 8.78 Å². The zero-order chi connectivity index (χ0) is 16.1. The Kier molecular flexibility index (Phi) is 3.48. The van der Waals surface area contributed by atoms with Crippen molar-refractivity contribution in [3.05, 3.63) is 24.2 Å². The first-order valence-corrected chi connectivity index (χ1v) is 8.32. The smallest absolute Gasteiger partial charge is 0.248 e. The molecule has 4 rings (SSSR count). The van der Waals surface area contributed by atoms with Crippen molar-refractivity contribution in [2.24, 2.45) is 5.92 Å². The molecule has 2 aliphatic heterocycles. The Hall–Kier alpha value is -1.43. The Balaban J connectivity index is 1.50. The monoisotopic (exact) mass is 325 g/mol. The van der Waals surface area contributed by atoms with Gasteiger partial charge in [0.2, 0.25) is 11.8 Å². The molecule has 126 valence electrons. The first kappa shape index (κ1) is 15.1. The summed E-state index contributed by atoms with van der Waals surface area (Å²) in [6.45, 7) is 2.12. The second kappa shape index (κ2) is 5.30. The van der Waals surface area contributed by atoms with Crippen LogP contribution in [0.1, 0.15) is 43.8 Å². The molecule has 0 N–H and O–H groups in total. The van der Waals surface area contributed by atoms with Crippen molar-refractivity contribution in [3.63, 3.8) is 0 Å². The topological polar surface area (TPSA) is 46.0 Å². The number of rotatable bonds is 2. The van der Waals surface area contributed by atoms with Crippen molar-refractivity contribution in [1.29, 1.82) is 0 Å². The first-order valence-electron chi connectivity index (χ1n) is 8.32. The summed E-state index contributed by atoms with van der Waals surface area (Å²) >= 11 is 0. The average molecular weight is 325 g/mol. The van der Waals surface area contributed by atoms with Gasteiger partial charge in [-0.1, -0.05) is 0 Å². The summed E-state index contributed by atoms with van der Waals surface area (Å²) in [5.74, 6) is -3.16. The standard InChI is InChI=1S/C17H21F2NO3/c18-17(19)4-3-12(13(10-17)14-2-1-9-22-14)15(21)20-7-5-16(6-8-20)11-23-16/h1-2,9,12-13H,3-8,10-11H2/t12-,13-/m0/s1. The molecule has 1 aliphatic carbocycles. The predicted molar refractivity (Wildman–Crippen MR) is 78.2 cm³/mol. The van der Waals surface area contributed by atoms with Gasteiger partial charge in [-0.3, -0.25) is 4.79 Å². The molecule has 0 unspecified atom stereocenters. The molecule has 0 radical (unpaired) electrons. The SMILES string of the molecule is O=C([C@H]1CCC(F)(F)C[C@@H]1c1ccco1)N1CCC2(CC1)CO2. The third-order valence-electron chi connectivity index (χ3n) is 5.59. The Morgan fingerprint density at radius 3 is 2.61 bits per heavy atom. The molecule has 2 saturated heterocycles. The summed E-state index contributed by atoms with van der Waals surface area (Å²) in [6, 6.07) is 3.40. The molecule has 23 heavy (non-hydrogen) atoms. The maximum atomic E-state index is 13.9. The Labute approximate surface area is 133 Å². The number of hydrogen-bond acceptors (Lipinski definition) is 3. The van der Waals surface area contributed by atoms with Gasteiger partial charge in [0.25, 0.3) is 0 Å². The number of ether oxygens (including phenoxy) is 1. The second-order valence-corrected chi connectivity index (χ2v) is 7.12. The van der Waals surface area contributed by atoms with Gasteiger partial charge < -0.3 is 14.1 Å². The number of epoxide rings is 1. The van der Waals surface area contributed by atoms with Crippen LogP contribution in [0.4, 0.5) is 8.78 Å². The number of alkyl halides is 2. The van der Waals surface area contributed by atoms with Crippen molar-refractivity contribution in [2.75, 3.05) is 19.7 Å². The number of halogens is 2. The maximum Gasteiger partial charge on any atom is 0.248 e. The molecule has 3 heterocycles. The van der Waals surface area contributed by atoms with Gasteiger partial charge >= 0.3 is 0 Å². The zero-order valence-electron chi connectivity index (χ0n) is 13.0. The van der Waals surface area contributed by atoms with Crippen LogP contribution < -0.4 is 0 Å². The van der Waals surface area contributed by atoms with Crippen LogP contribution in [0.25, 0.3) is 0 Å². The minimum absolute atomic E-state index is 0.00241. The van der Waals surface area contributed by atoms with E-state index in [1.54, 1.807) is 12.1 Å². The molecule has 3 aliphatic rings. The summed E-state index contributed by atoms with van der Waals surface area (Å²) in [7, 11) is 0. The molecule has 1 aromatic rings. The number of carbonyl (C=O) groups is 1. The number of carbonyl (C=O) groups excluding carboxylic acids is 1. The van der Waals surface area contributed by atoms with Crippen LogP contribution in [0.5, 0.6) is 0 Å². The lowest BCUT2D eigenvalue weighted by Gasteiger charge is -2.39. The third kappa shape index (κ3) is 2.89. The largest absolute Gasteiger partial charge is 0.469 e. The van der Waals surface area contributed by atoms with Gasteiger partial charge in [0.05, 0.1) is 18.5 Å². The van der Waals surface area contributed by atoms with Crippen molar-refractivity contribution in [2.45, 2.75) is 49.5 Å². The van der Waals surface area contributed by atoms with Crippen molar-refractivity contribution < 1.29 is 22.7 Å². The van der Waals surface area contributed by atoms with Gasteiger partial charge in [0, 0.05) is 37.8 Å². The first-order chi connectivity index (χ1) is 11.0. The Bertz CT molecular complexity index is 573. The molecule has 1 amide bonds. The van der Waals surface area contributed by atoms with Crippen LogP contribution in [0.15, 0.2) is 22.8 Å². The highest BCUT2D eigenvalue weighted by Crippen LogP contribution is 2.47. The lowest BCUT2D eigenvalue weighted by molar-refractivity contribution is -0.143. The summed E-state index contributed by atoms with van der Waals surface area (Å²) in [6.07, 6.45) is 2.88. The number of amides is 1. The van der Waals surface area contributed by atoms with E-state index in [2.05, 4.69) is 0 Å². The molecule has 1 saturated carbocycles. The van der Waals surface area contributed by atoms with Gasteiger partial charge in [0.1, 0.15) is 5.76 Å². The summed E-state index contributed by atoms with van der Waals surface area (Å²) in [4.78, 5) is 14.7. The Morgan fingerprint density at radius 2 is 2.00 bits per heavy atom. The van der Waals surface area contributed by atoms with Crippen molar-refractivity contribution >= 4 is 5.91 Å². The molecule has 1 aromatic heterocycles. The zero-order valence-corrected chi connectivity index (χ0v) is 13.0. The fraction of sp³-hybridized carbons (Fsp3) is 0.706. The van der Waals surface area contributed by atoms with Gasteiger partial charge in [-0.2, -0.15) is 0 Å². The van der Waals surface area contributed by atoms with Gasteiger partial charge in [-0.05, 0) is 31.4 Å². The van der Waals surface area contributed by atoms with Crippen LogP contribution in [0.2, 0.25) is 0 Å². The Morgan fingerprint density at radius 1 is 1.26 bits per heavy atom. The van der Waals surface area contributed by atoms with E-state index in [0.29, 0.717) is 18.8 Å². The van der Waals surface area contributed by atoms with E-state index in [0.717, 1.165) is 19.4 Å². The van der Waals surface area contributed by atoms with Gasteiger partial charge in [-0.15, -0.1) is 0 Å². The van der Waals surface area contributed by atoms with E-state index in [1.807, 2.05) is 4.90 Å². The van der Waals surface area contributed by atoms with E-state index in [9.17, 15) is 13.6 Å². The molecule has 1 spiro atoms. The van der Waals surface area contributed by atoms with Crippen LogP contribution in [-0.2, 0) is 9.53 Å². The molecular weight excluding hydrogens is 304 g/mol. The number of hydrogen-bond donors (Lipinski definition) is 0. The van der Waals surface area contributed by atoms with Crippen LogP contribution in [-0.4, -0.2) is 42.0 Å².